The molecule has 30 heavy (non-hydrogen) atoms. The van der Waals surface area contributed by atoms with Crippen LogP contribution in [0, 0.1) is 6.92 Å². The predicted molar refractivity (Wildman–Crippen MR) is 119 cm³/mol. The Bertz CT molecular complexity index is 1220. The van der Waals surface area contributed by atoms with E-state index in [1.165, 1.54) is 11.3 Å². The zero-order valence-corrected chi connectivity index (χ0v) is 17.5. The number of amides is 1. The lowest BCUT2D eigenvalue weighted by Gasteiger charge is -2.11. The molecule has 2 heterocycles. The molecule has 0 aliphatic carbocycles. The number of pyridine rings is 1. The topological polar surface area (TPSA) is 72.0 Å². The first-order valence-electron chi connectivity index (χ1n) is 9.11. The van der Waals surface area contributed by atoms with Crippen LogP contribution >= 0.6 is 22.9 Å². The summed E-state index contributed by atoms with van der Waals surface area (Å²) >= 11 is 7.40. The van der Waals surface area contributed by atoms with Gasteiger partial charge in [-0.25, -0.2) is 4.98 Å². The minimum Gasteiger partial charge on any atom is -0.321 e. The summed E-state index contributed by atoms with van der Waals surface area (Å²) in [5, 5.41) is 3.97. The van der Waals surface area contributed by atoms with Crippen LogP contribution in [-0.2, 0) is 0 Å². The first kappa shape index (κ1) is 19.9. The number of ketones is 1. The van der Waals surface area contributed by atoms with E-state index in [0.29, 0.717) is 37.4 Å². The number of anilines is 1. The Morgan fingerprint density at radius 3 is 2.57 bits per heavy atom. The van der Waals surface area contributed by atoms with Crippen molar-refractivity contribution < 1.29 is 9.59 Å². The molecule has 4 rings (SSSR count). The van der Waals surface area contributed by atoms with Gasteiger partial charge in [-0.3, -0.25) is 14.6 Å². The molecule has 4 aromatic rings. The summed E-state index contributed by atoms with van der Waals surface area (Å²) in [6.07, 6.45) is 3.39. The number of carbonyl (C=O) groups is 2. The first-order chi connectivity index (χ1) is 14.5. The number of thiazole rings is 1. The molecule has 2 aromatic heterocycles. The van der Waals surface area contributed by atoms with E-state index in [9.17, 15) is 9.59 Å². The summed E-state index contributed by atoms with van der Waals surface area (Å²) < 4.78 is 0. The summed E-state index contributed by atoms with van der Waals surface area (Å²) in [6, 6.07) is 17.4. The fourth-order valence-electron chi connectivity index (χ4n) is 2.96. The normalized spacial score (nSPS) is 10.6. The lowest BCUT2D eigenvalue weighted by molar-refractivity contribution is 0.102. The molecule has 0 saturated heterocycles. The summed E-state index contributed by atoms with van der Waals surface area (Å²) in [5.41, 5.74) is 2.70. The van der Waals surface area contributed by atoms with Crippen molar-refractivity contribution in [2.75, 3.05) is 5.32 Å². The van der Waals surface area contributed by atoms with Gasteiger partial charge in [0.1, 0.15) is 9.88 Å². The highest BCUT2D eigenvalue weighted by atomic mass is 35.5. The maximum atomic E-state index is 13.0. The molecule has 1 N–H and O–H groups in total. The molecular weight excluding hydrogens is 418 g/mol. The molecule has 0 atom stereocenters. The molecular formula is C23H16ClN3O2S. The number of carbonyl (C=O) groups excluding carboxylic acids is 2. The van der Waals surface area contributed by atoms with E-state index >= 15 is 0 Å². The van der Waals surface area contributed by atoms with Crippen LogP contribution in [0.5, 0.6) is 0 Å². The first-order valence-corrected chi connectivity index (χ1v) is 10.3. The maximum Gasteiger partial charge on any atom is 0.267 e. The predicted octanol–water partition coefficient (Wildman–Crippen LogP) is 5.65. The fourth-order valence-corrected chi connectivity index (χ4v) is 4.08. The van der Waals surface area contributed by atoms with Crippen molar-refractivity contribution in [1.82, 2.24) is 9.97 Å². The molecule has 0 bridgehead atoms. The zero-order chi connectivity index (χ0) is 21.1. The maximum absolute atomic E-state index is 13.0. The number of rotatable bonds is 5. The largest absolute Gasteiger partial charge is 0.321 e. The van der Waals surface area contributed by atoms with Gasteiger partial charge in [-0.2, -0.15) is 0 Å². The van der Waals surface area contributed by atoms with Gasteiger partial charge < -0.3 is 5.32 Å². The summed E-state index contributed by atoms with van der Waals surface area (Å²) in [7, 11) is 0. The standard InChI is InChI=1S/C23H16ClN3O2S/c1-14-21(30-23(26-14)16-8-5-11-25-13-16)22(29)27-19-10-9-17(24)12-18(19)20(28)15-6-3-2-4-7-15/h2-13H,1H3,(H,27,29). The molecule has 1 amide bonds. The number of benzene rings is 2. The van der Waals surface area contributed by atoms with Gasteiger partial charge in [-0.1, -0.05) is 41.9 Å². The summed E-state index contributed by atoms with van der Waals surface area (Å²) in [5.74, 6) is -0.546. The SMILES string of the molecule is Cc1nc(-c2cccnc2)sc1C(=O)Nc1ccc(Cl)cc1C(=O)c1ccccc1. The molecule has 0 saturated carbocycles. The highest BCUT2D eigenvalue weighted by Gasteiger charge is 2.20. The lowest BCUT2D eigenvalue weighted by atomic mass is 10.0. The number of nitrogens with zero attached hydrogens (tertiary/aromatic N) is 2. The second kappa shape index (κ2) is 8.57. The number of aryl methyl sites for hydroxylation is 1. The third-order valence-electron chi connectivity index (χ3n) is 4.42. The average molecular weight is 434 g/mol. The molecule has 148 valence electrons. The van der Waals surface area contributed by atoms with E-state index in [0.717, 1.165) is 5.56 Å². The number of hydrogen-bond donors (Lipinski definition) is 1. The molecule has 5 nitrogen and oxygen atoms in total. The molecule has 7 heteroatoms. The van der Waals surface area contributed by atoms with Gasteiger partial charge in [0, 0.05) is 34.1 Å². The van der Waals surface area contributed by atoms with Crippen LogP contribution in [0.2, 0.25) is 5.02 Å². The molecule has 0 aliphatic heterocycles. The smallest absolute Gasteiger partial charge is 0.267 e. The quantitative estimate of drug-likeness (QED) is 0.413. The Hall–Kier alpha value is -3.35. The number of nitrogens with one attached hydrogen (secondary N) is 1. The van der Waals surface area contributed by atoms with Gasteiger partial charge in [0.25, 0.3) is 5.91 Å². The van der Waals surface area contributed by atoms with Crippen molar-refractivity contribution in [1.29, 1.82) is 0 Å². The fraction of sp³-hybridized carbons (Fsp3) is 0.0435. The van der Waals surface area contributed by atoms with Crippen LogP contribution in [-0.4, -0.2) is 21.7 Å². The molecule has 0 radical (unpaired) electrons. The Kier molecular flexibility index (Phi) is 5.70. The number of halogens is 1. The van der Waals surface area contributed by atoms with Crippen molar-refractivity contribution in [3.8, 4) is 10.6 Å². The zero-order valence-electron chi connectivity index (χ0n) is 15.9. The minimum atomic E-state index is -0.329. The van der Waals surface area contributed by atoms with Crippen molar-refractivity contribution in [2.24, 2.45) is 0 Å². The van der Waals surface area contributed by atoms with Gasteiger partial charge >= 0.3 is 0 Å². The molecule has 0 unspecified atom stereocenters. The highest BCUT2D eigenvalue weighted by Crippen LogP contribution is 2.29. The van der Waals surface area contributed by atoms with Gasteiger partial charge in [0.15, 0.2) is 5.78 Å². The molecule has 0 spiro atoms. The van der Waals surface area contributed by atoms with Crippen LogP contribution < -0.4 is 5.32 Å². The van der Waals surface area contributed by atoms with Crippen molar-refractivity contribution >= 4 is 40.3 Å². The van der Waals surface area contributed by atoms with E-state index in [2.05, 4.69) is 15.3 Å². The average Bonchev–Trinajstić information content (AvgIpc) is 3.17. The monoisotopic (exact) mass is 433 g/mol. The Labute approximate surface area is 182 Å². The van der Waals surface area contributed by atoms with Crippen LogP contribution in [0.3, 0.4) is 0 Å². The van der Waals surface area contributed by atoms with E-state index in [1.807, 2.05) is 18.2 Å². The van der Waals surface area contributed by atoms with E-state index in [4.69, 9.17) is 11.6 Å². The van der Waals surface area contributed by atoms with Gasteiger partial charge in [-0.15, -0.1) is 11.3 Å². The van der Waals surface area contributed by atoms with Crippen LogP contribution in [0.15, 0.2) is 73.1 Å². The summed E-state index contributed by atoms with van der Waals surface area (Å²) in [4.78, 5) is 35.0. The Morgan fingerprint density at radius 1 is 1.03 bits per heavy atom. The molecule has 0 fully saturated rings. The summed E-state index contributed by atoms with van der Waals surface area (Å²) in [6.45, 7) is 1.78. The molecule has 2 aromatic carbocycles. The third kappa shape index (κ3) is 4.15. The van der Waals surface area contributed by atoms with Crippen molar-refractivity contribution in [3.63, 3.8) is 0 Å². The van der Waals surface area contributed by atoms with Crippen LogP contribution in [0.1, 0.15) is 31.3 Å². The molecule has 0 aliphatic rings. The van der Waals surface area contributed by atoms with Crippen molar-refractivity contribution in [2.45, 2.75) is 6.92 Å². The van der Waals surface area contributed by atoms with Gasteiger partial charge in [-0.05, 0) is 37.3 Å². The number of hydrogen-bond acceptors (Lipinski definition) is 5. The van der Waals surface area contributed by atoms with Crippen LogP contribution in [0.4, 0.5) is 5.69 Å². The highest BCUT2D eigenvalue weighted by molar-refractivity contribution is 7.17. The minimum absolute atomic E-state index is 0.217. The van der Waals surface area contributed by atoms with Crippen molar-refractivity contribution in [3.05, 3.63) is 99.8 Å². The van der Waals surface area contributed by atoms with Gasteiger partial charge in [0.2, 0.25) is 0 Å². The van der Waals surface area contributed by atoms with Gasteiger partial charge in [0.05, 0.1) is 11.4 Å². The number of aromatic nitrogens is 2. The Morgan fingerprint density at radius 2 is 1.83 bits per heavy atom. The second-order valence-corrected chi connectivity index (χ2v) is 7.95. The van der Waals surface area contributed by atoms with E-state index in [-0.39, 0.29) is 11.7 Å². The third-order valence-corrected chi connectivity index (χ3v) is 5.86. The Balaban J connectivity index is 1.65. The van der Waals surface area contributed by atoms with E-state index in [1.54, 1.807) is 61.8 Å². The second-order valence-electron chi connectivity index (χ2n) is 6.51. The lowest BCUT2D eigenvalue weighted by Crippen LogP contribution is -2.15. The van der Waals surface area contributed by atoms with E-state index < -0.39 is 0 Å². The van der Waals surface area contributed by atoms with Crippen LogP contribution in [0.25, 0.3) is 10.6 Å².